The summed E-state index contributed by atoms with van der Waals surface area (Å²) >= 11 is 0. The number of carbonyl (C=O) groups excluding carboxylic acids is 1. The molecule has 0 radical (unpaired) electrons. The molecule has 0 saturated heterocycles. The van der Waals surface area contributed by atoms with Crippen LogP contribution in [0.1, 0.15) is 5.69 Å². The molecule has 0 unspecified atom stereocenters. The van der Waals surface area contributed by atoms with E-state index in [0.717, 1.165) is 28.1 Å². The molecule has 29 heavy (non-hydrogen) atoms. The zero-order valence-corrected chi connectivity index (χ0v) is 15.7. The zero-order valence-electron chi connectivity index (χ0n) is 15.7. The van der Waals surface area contributed by atoms with Crippen LogP contribution in [0.3, 0.4) is 0 Å². The normalized spacial score (nSPS) is 11.2. The highest BCUT2D eigenvalue weighted by Gasteiger charge is 2.19. The maximum Gasteiger partial charge on any atom is 0.247 e. The number of carbonyl (C=O) groups is 1. The standard InChI is InChI=1S/C23H19N5O/c29-23(16-26-17-25-20-10-4-5-11-21(20)26)28(18-8-2-1-3-9-18)15-19-14-24-22-12-6-7-13-27(19)22/h1-14,17H,15-16H2. The Morgan fingerprint density at radius 3 is 2.59 bits per heavy atom. The summed E-state index contributed by atoms with van der Waals surface area (Å²) < 4.78 is 3.90. The average molecular weight is 381 g/mol. The van der Waals surface area contributed by atoms with Crippen molar-refractivity contribution < 1.29 is 4.79 Å². The minimum atomic E-state index is -0.00904. The van der Waals surface area contributed by atoms with Gasteiger partial charge in [0, 0.05) is 11.9 Å². The molecule has 3 heterocycles. The third-order valence-corrected chi connectivity index (χ3v) is 5.02. The van der Waals surface area contributed by atoms with Crippen LogP contribution in [0.4, 0.5) is 5.69 Å². The fourth-order valence-electron chi connectivity index (χ4n) is 3.56. The molecule has 142 valence electrons. The van der Waals surface area contributed by atoms with Crippen LogP contribution in [0, 0.1) is 0 Å². The van der Waals surface area contributed by atoms with Gasteiger partial charge in [0.25, 0.3) is 0 Å². The van der Waals surface area contributed by atoms with Crippen LogP contribution < -0.4 is 4.90 Å². The molecule has 2 aromatic carbocycles. The summed E-state index contributed by atoms with van der Waals surface area (Å²) in [6, 6.07) is 23.4. The SMILES string of the molecule is O=C(Cn1cnc2ccccc21)N(Cc1cnc2ccccn12)c1ccccc1. The molecule has 1 amide bonds. The van der Waals surface area contributed by atoms with Gasteiger partial charge in [0.15, 0.2) is 0 Å². The highest BCUT2D eigenvalue weighted by Crippen LogP contribution is 2.20. The number of amides is 1. The molecule has 6 heteroatoms. The molecule has 0 aliphatic heterocycles. The van der Waals surface area contributed by atoms with Gasteiger partial charge in [-0.2, -0.15) is 0 Å². The van der Waals surface area contributed by atoms with Crippen LogP contribution in [0.15, 0.2) is 91.5 Å². The minimum Gasteiger partial charge on any atom is -0.321 e. The molecule has 0 N–H and O–H groups in total. The Morgan fingerprint density at radius 1 is 0.897 bits per heavy atom. The van der Waals surface area contributed by atoms with Crippen molar-refractivity contribution in [1.82, 2.24) is 18.9 Å². The fourth-order valence-corrected chi connectivity index (χ4v) is 3.56. The van der Waals surface area contributed by atoms with Crippen molar-refractivity contribution in [3.63, 3.8) is 0 Å². The third kappa shape index (κ3) is 3.25. The molecule has 0 aliphatic carbocycles. The second-order valence-electron chi connectivity index (χ2n) is 6.85. The molecule has 5 aromatic rings. The van der Waals surface area contributed by atoms with E-state index in [4.69, 9.17) is 0 Å². The van der Waals surface area contributed by atoms with Gasteiger partial charge in [0.1, 0.15) is 12.2 Å². The van der Waals surface area contributed by atoms with Crippen LogP contribution in [-0.4, -0.2) is 24.8 Å². The maximum atomic E-state index is 13.4. The fraction of sp³-hybridized carbons (Fsp3) is 0.0870. The summed E-state index contributed by atoms with van der Waals surface area (Å²) in [6.07, 6.45) is 5.51. The van der Waals surface area contributed by atoms with Gasteiger partial charge in [-0.3, -0.25) is 4.79 Å². The molecule has 0 bridgehead atoms. The smallest absolute Gasteiger partial charge is 0.247 e. The van der Waals surface area contributed by atoms with E-state index in [1.165, 1.54) is 0 Å². The van der Waals surface area contributed by atoms with Crippen molar-refractivity contribution >= 4 is 28.3 Å². The summed E-state index contributed by atoms with van der Waals surface area (Å²) in [5.41, 5.74) is 4.50. The van der Waals surface area contributed by atoms with Crippen molar-refractivity contribution in [3.8, 4) is 0 Å². The first kappa shape index (κ1) is 17.2. The minimum absolute atomic E-state index is 0.00904. The predicted octanol–water partition coefficient (Wildman–Crippen LogP) is 3.92. The molecular weight excluding hydrogens is 362 g/mol. The molecular formula is C23H19N5O. The Labute approximate surface area is 167 Å². The summed E-state index contributed by atoms with van der Waals surface area (Å²) in [7, 11) is 0. The van der Waals surface area contributed by atoms with E-state index < -0.39 is 0 Å². The van der Waals surface area contributed by atoms with E-state index in [-0.39, 0.29) is 12.5 Å². The van der Waals surface area contributed by atoms with Gasteiger partial charge < -0.3 is 13.9 Å². The monoisotopic (exact) mass is 381 g/mol. The highest BCUT2D eigenvalue weighted by atomic mass is 16.2. The molecule has 5 rings (SSSR count). The van der Waals surface area contributed by atoms with Gasteiger partial charge in [0.05, 0.1) is 35.8 Å². The largest absolute Gasteiger partial charge is 0.321 e. The number of imidazole rings is 2. The second-order valence-corrected chi connectivity index (χ2v) is 6.85. The molecule has 0 fully saturated rings. The Hall–Kier alpha value is -3.93. The van der Waals surface area contributed by atoms with E-state index in [1.807, 2.05) is 94.2 Å². The average Bonchev–Trinajstić information content (AvgIpc) is 3.37. The van der Waals surface area contributed by atoms with Gasteiger partial charge >= 0.3 is 0 Å². The van der Waals surface area contributed by atoms with Crippen LogP contribution >= 0.6 is 0 Å². The van der Waals surface area contributed by atoms with Crippen molar-refractivity contribution in [2.45, 2.75) is 13.1 Å². The highest BCUT2D eigenvalue weighted by molar-refractivity contribution is 5.94. The van der Waals surface area contributed by atoms with Gasteiger partial charge in [-0.05, 0) is 36.4 Å². The first-order valence-electron chi connectivity index (χ1n) is 9.46. The lowest BCUT2D eigenvalue weighted by Gasteiger charge is -2.23. The summed E-state index contributed by atoms with van der Waals surface area (Å²) in [6.45, 7) is 0.646. The van der Waals surface area contributed by atoms with E-state index in [9.17, 15) is 4.79 Å². The van der Waals surface area contributed by atoms with Crippen molar-refractivity contribution in [1.29, 1.82) is 0 Å². The number of hydrogen-bond donors (Lipinski definition) is 0. The van der Waals surface area contributed by atoms with Crippen LogP contribution in [0.25, 0.3) is 16.7 Å². The number of para-hydroxylation sites is 3. The molecule has 0 atom stereocenters. The zero-order chi connectivity index (χ0) is 19.6. The van der Waals surface area contributed by atoms with Crippen molar-refractivity contribution in [3.05, 3.63) is 97.2 Å². The van der Waals surface area contributed by atoms with Crippen LogP contribution in [0.5, 0.6) is 0 Å². The topological polar surface area (TPSA) is 55.4 Å². The molecule has 0 spiro atoms. The van der Waals surface area contributed by atoms with Gasteiger partial charge in [-0.1, -0.05) is 36.4 Å². The predicted molar refractivity (Wildman–Crippen MR) is 113 cm³/mol. The third-order valence-electron chi connectivity index (χ3n) is 5.02. The molecule has 6 nitrogen and oxygen atoms in total. The number of benzene rings is 2. The van der Waals surface area contributed by atoms with E-state index >= 15 is 0 Å². The summed E-state index contributed by atoms with van der Waals surface area (Å²) in [4.78, 5) is 24.0. The summed E-state index contributed by atoms with van der Waals surface area (Å²) in [5, 5.41) is 0. The van der Waals surface area contributed by atoms with E-state index in [2.05, 4.69) is 9.97 Å². The number of pyridine rings is 1. The molecule has 3 aromatic heterocycles. The van der Waals surface area contributed by atoms with E-state index in [1.54, 1.807) is 11.2 Å². The lowest BCUT2D eigenvalue weighted by molar-refractivity contribution is -0.119. The lowest BCUT2D eigenvalue weighted by Crippen LogP contribution is -2.33. The molecule has 0 aliphatic rings. The number of hydrogen-bond acceptors (Lipinski definition) is 3. The van der Waals surface area contributed by atoms with E-state index in [0.29, 0.717) is 6.54 Å². The first-order chi connectivity index (χ1) is 14.3. The Kier molecular flexibility index (Phi) is 4.29. The number of aromatic nitrogens is 4. The van der Waals surface area contributed by atoms with Crippen molar-refractivity contribution in [2.75, 3.05) is 4.90 Å². The van der Waals surface area contributed by atoms with Gasteiger partial charge in [-0.15, -0.1) is 0 Å². The van der Waals surface area contributed by atoms with Gasteiger partial charge in [0.2, 0.25) is 5.91 Å². The Balaban J connectivity index is 1.49. The number of rotatable bonds is 5. The summed E-state index contributed by atoms with van der Waals surface area (Å²) in [5.74, 6) is -0.00904. The number of nitrogens with zero attached hydrogens (tertiary/aromatic N) is 5. The van der Waals surface area contributed by atoms with Crippen LogP contribution in [0.2, 0.25) is 0 Å². The number of fused-ring (bicyclic) bond motifs is 2. The quantitative estimate of drug-likeness (QED) is 0.464. The number of anilines is 1. The maximum absolute atomic E-state index is 13.4. The Morgan fingerprint density at radius 2 is 1.69 bits per heavy atom. The second kappa shape index (κ2) is 7.24. The Bertz CT molecular complexity index is 1290. The van der Waals surface area contributed by atoms with Gasteiger partial charge in [-0.25, -0.2) is 9.97 Å². The first-order valence-corrected chi connectivity index (χ1v) is 9.46. The van der Waals surface area contributed by atoms with Crippen LogP contribution in [-0.2, 0) is 17.9 Å². The molecule has 0 saturated carbocycles. The van der Waals surface area contributed by atoms with Crippen molar-refractivity contribution in [2.24, 2.45) is 0 Å². The lowest BCUT2D eigenvalue weighted by atomic mass is 10.2.